The van der Waals surface area contributed by atoms with Crippen molar-refractivity contribution in [2.75, 3.05) is 19.6 Å². The van der Waals surface area contributed by atoms with Gasteiger partial charge in [-0.15, -0.1) is 6.58 Å². The number of carboxylic acids is 1. The molecule has 5 nitrogen and oxygen atoms in total. The van der Waals surface area contributed by atoms with Crippen LogP contribution in [0.15, 0.2) is 12.7 Å². The van der Waals surface area contributed by atoms with Gasteiger partial charge in [0.25, 0.3) is 0 Å². The number of nitrogens with one attached hydrogen (secondary N) is 1. The van der Waals surface area contributed by atoms with Gasteiger partial charge in [-0.3, -0.25) is 14.5 Å². The molecule has 0 aromatic rings. The van der Waals surface area contributed by atoms with Crippen molar-refractivity contribution in [3.8, 4) is 0 Å². The van der Waals surface area contributed by atoms with Crippen LogP contribution in [0.1, 0.15) is 20.3 Å². The van der Waals surface area contributed by atoms with Crippen LogP contribution in [-0.2, 0) is 9.59 Å². The van der Waals surface area contributed by atoms with Crippen LogP contribution in [0.5, 0.6) is 0 Å². The van der Waals surface area contributed by atoms with Crippen LogP contribution >= 0.6 is 0 Å². The zero-order valence-corrected chi connectivity index (χ0v) is 11.1. The predicted molar refractivity (Wildman–Crippen MR) is 69.1 cm³/mol. The average Bonchev–Trinajstić information content (AvgIpc) is 2.34. The Balaban J connectivity index is 2.52. The Morgan fingerprint density at radius 3 is 2.78 bits per heavy atom. The van der Waals surface area contributed by atoms with Crippen LogP contribution < -0.4 is 5.32 Å². The Hall–Kier alpha value is -1.36. The molecule has 102 valence electrons. The lowest BCUT2D eigenvalue weighted by atomic mass is 9.86. The number of carboxylic acid groups (broad SMARTS) is 1. The van der Waals surface area contributed by atoms with Gasteiger partial charge in [-0.05, 0) is 25.8 Å². The van der Waals surface area contributed by atoms with Gasteiger partial charge in [-0.1, -0.05) is 13.0 Å². The van der Waals surface area contributed by atoms with Crippen molar-refractivity contribution in [1.82, 2.24) is 10.2 Å². The molecule has 0 saturated carbocycles. The summed E-state index contributed by atoms with van der Waals surface area (Å²) in [5.74, 6) is -0.975. The summed E-state index contributed by atoms with van der Waals surface area (Å²) in [7, 11) is 0. The summed E-state index contributed by atoms with van der Waals surface area (Å²) < 4.78 is 0. The van der Waals surface area contributed by atoms with E-state index < -0.39 is 5.97 Å². The molecule has 2 N–H and O–H groups in total. The van der Waals surface area contributed by atoms with Gasteiger partial charge >= 0.3 is 5.97 Å². The third kappa shape index (κ3) is 3.57. The Labute approximate surface area is 108 Å². The average molecular weight is 254 g/mol. The van der Waals surface area contributed by atoms with E-state index in [1.807, 2.05) is 18.7 Å². The molecule has 0 spiro atoms. The number of likely N-dealkylation sites (tertiary alicyclic amines) is 1. The zero-order valence-electron chi connectivity index (χ0n) is 11.1. The fourth-order valence-electron chi connectivity index (χ4n) is 2.38. The quantitative estimate of drug-likeness (QED) is 0.709. The summed E-state index contributed by atoms with van der Waals surface area (Å²) in [4.78, 5) is 24.9. The Kier molecular flexibility index (Phi) is 5.34. The molecule has 0 aromatic heterocycles. The third-order valence-electron chi connectivity index (χ3n) is 3.60. The first-order chi connectivity index (χ1) is 8.47. The number of carbonyl (C=O) groups is 2. The summed E-state index contributed by atoms with van der Waals surface area (Å²) in [6.07, 6.45) is 2.25. The number of carbonyl (C=O) groups excluding carboxylic acids is 1. The second-order valence-electron chi connectivity index (χ2n) is 4.92. The number of amides is 1. The molecule has 1 saturated heterocycles. The predicted octanol–water partition coefficient (Wildman–Crippen LogP) is 0.720. The van der Waals surface area contributed by atoms with Crippen molar-refractivity contribution in [2.24, 2.45) is 11.8 Å². The molecule has 1 aliphatic rings. The Morgan fingerprint density at radius 1 is 1.61 bits per heavy atom. The number of aliphatic carboxylic acids is 1. The van der Waals surface area contributed by atoms with Crippen LogP contribution in [-0.4, -0.2) is 47.6 Å². The van der Waals surface area contributed by atoms with Gasteiger partial charge in [0, 0.05) is 13.1 Å². The molecule has 18 heavy (non-hydrogen) atoms. The van der Waals surface area contributed by atoms with Crippen molar-refractivity contribution in [3.05, 3.63) is 12.7 Å². The standard InChI is InChI=1S/C13H22N2O3/c1-4-6-14-12(16)10(3)15-7-5-11(13(17)18)9(2)8-15/h4,9-11H,1,5-8H2,2-3H3,(H,14,16)(H,17,18). The summed E-state index contributed by atoms with van der Waals surface area (Å²) >= 11 is 0. The van der Waals surface area contributed by atoms with E-state index in [2.05, 4.69) is 11.9 Å². The Morgan fingerprint density at radius 2 is 2.28 bits per heavy atom. The fraction of sp³-hybridized carbons (Fsp3) is 0.692. The molecule has 1 rings (SSSR count). The molecule has 0 bridgehead atoms. The lowest BCUT2D eigenvalue weighted by molar-refractivity contribution is -0.146. The first-order valence-electron chi connectivity index (χ1n) is 6.32. The van der Waals surface area contributed by atoms with Crippen molar-refractivity contribution in [2.45, 2.75) is 26.3 Å². The molecule has 5 heteroatoms. The second kappa shape index (κ2) is 6.54. The molecule has 0 radical (unpaired) electrons. The number of piperidine rings is 1. The monoisotopic (exact) mass is 254 g/mol. The highest BCUT2D eigenvalue weighted by Gasteiger charge is 2.34. The van der Waals surface area contributed by atoms with E-state index in [1.54, 1.807) is 6.08 Å². The lowest BCUT2D eigenvalue weighted by Crippen LogP contribution is -2.51. The van der Waals surface area contributed by atoms with E-state index in [9.17, 15) is 9.59 Å². The van der Waals surface area contributed by atoms with E-state index in [-0.39, 0.29) is 23.8 Å². The van der Waals surface area contributed by atoms with Crippen LogP contribution in [0, 0.1) is 11.8 Å². The number of rotatable bonds is 5. The molecular weight excluding hydrogens is 232 g/mol. The van der Waals surface area contributed by atoms with E-state index in [0.717, 1.165) is 0 Å². The molecule has 0 aromatic carbocycles. The second-order valence-corrected chi connectivity index (χ2v) is 4.92. The summed E-state index contributed by atoms with van der Waals surface area (Å²) in [5, 5.41) is 11.8. The summed E-state index contributed by atoms with van der Waals surface area (Å²) in [6, 6.07) is -0.220. The molecular formula is C13H22N2O3. The van der Waals surface area contributed by atoms with Crippen LogP contribution in [0.4, 0.5) is 0 Å². The normalized spacial score (nSPS) is 26.3. The topological polar surface area (TPSA) is 69.6 Å². The first-order valence-corrected chi connectivity index (χ1v) is 6.32. The smallest absolute Gasteiger partial charge is 0.306 e. The van der Waals surface area contributed by atoms with Crippen LogP contribution in [0.25, 0.3) is 0 Å². The Bertz CT molecular complexity index is 330. The third-order valence-corrected chi connectivity index (χ3v) is 3.60. The SMILES string of the molecule is C=CCNC(=O)C(C)N1CCC(C(=O)O)C(C)C1. The molecule has 1 heterocycles. The fourth-order valence-corrected chi connectivity index (χ4v) is 2.38. The van der Waals surface area contributed by atoms with E-state index in [0.29, 0.717) is 26.1 Å². The zero-order chi connectivity index (χ0) is 13.7. The van der Waals surface area contributed by atoms with E-state index in [1.165, 1.54) is 0 Å². The highest BCUT2D eigenvalue weighted by Crippen LogP contribution is 2.24. The van der Waals surface area contributed by atoms with Crippen molar-refractivity contribution in [3.63, 3.8) is 0 Å². The number of nitrogens with zero attached hydrogens (tertiary/aromatic N) is 1. The van der Waals surface area contributed by atoms with Gasteiger partial charge < -0.3 is 10.4 Å². The van der Waals surface area contributed by atoms with E-state index in [4.69, 9.17) is 5.11 Å². The van der Waals surface area contributed by atoms with Crippen molar-refractivity contribution in [1.29, 1.82) is 0 Å². The summed E-state index contributed by atoms with van der Waals surface area (Å²) in [6.45, 7) is 9.11. The van der Waals surface area contributed by atoms with Gasteiger partial charge in [0.2, 0.25) is 5.91 Å². The maximum Gasteiger partial charge on any atom is 0.306 e. The minimum Gasteiger partial charge on any atom is -0.481 e. The molecule has 0 aliphatic carbocycles. The minimum absolute atomic E-state index is 0.0316. The lowest BCUT2D eigenvalue weighted by Gasteiger charge is -2.37. The largest absolute Gasteiger partial charge is 0.481 e. The van der Waals surface area contributed by atoms with Crippen LogP contribution in [0.2, 0.25) is 0 Å². The molecule has 3 atom stereocenters. The van der Waals surface area contributed by atoms with Crippen molar-refractivity contribution >= 4 is 11.9 Å². The molecule has 1 aliphatic heterocycles. The van der Waals surface area contributed by atoms with E-state index >= 15 is 0 Å². The highest BCUT2D eigenvalue weighted by atomic mass is 16.4. The van der Waals surface area contributed by atoms with Gasteiger partial charge in [-0.25, -0.2) is 0 Å². The van der Waals surface area contributed by atoms with Gasteiger partial charge in [0.15, 0.2) is 0 Å². The van der Waals surface area contributed by atoms with Crippen molar-refractivity contribution < 1.29 is 14.7 Å². The number of hydrogen-bond donors (Lipinski definition) is 2. The van der Waals surface area contributed by atoms with Gasteiger partial charge in [0.1, 0.15) is 0 Å². The molecule has 1 amide bonds. The van der Waals surface area contributed by atoms with Crippen LogP contribution in [0.3, 0.4) is 0 Å². The number of hydrogen-bond acceptors (Lipinski definition) is 3. The first kappa shape index (κ1) is 14.7. The molecule has 3 unspecified atom stereocenters. The maximum absolute atomic E-state index is 11.8. The van der Waals surface area contributed by atoms with Gasteiger partial charge in [-0.2, -0.15) is 0 Å². The maximum atomic E-state index is 11.8. The highest BCUT2D eigenvalue weighted by molar-refractivity contribution is 5.81. The van der Waals surface area contributed by atoms with Gasteiger partial charge in [0.05, 0.1) is 12.0 Å². The molecule has 1 fully saturated rings. The minimum atomic E-state index is -0.731. The summed E-state index contributed by atoms with van der Waals surface area (Å²) in [5.41, 5.74) is 0.